The van der Waals surface area contributed by atoms with Crippen molar-refractivity contribution < 1.29 is 14.3 Å². The number of hydrogen-bond donors (Lipinski definition) is 2. The van der Waals surface area contributed by atoms with Crippen molar-refractivity contribution in [1.29, 1.82) is 0 Å². The molecule has 122 valence electrons. The Morgan fingerprint density at radius 3 is 2.62 bits per heavy atom. The minimum Gasteiger partial charge on any atom is -0.377 e. The summed E-state index contributed by atoms with van der Waals surface area (Å²) in [6.45, 7) is 10.1. The molecule has 1 aliphatic heterocycles. The van der Waals surface area contributed by atoms with Gasteiger partial charge in [-0.3, -0.25) is 9.59 Å². The van der Waals surface area contributed by atoms with Crippen molar-refractivity contribution in [3.05, 3.63) is 0 Å². The molecule has 21 heavy (non-hydrogen) atoms. The van der Waals surface area contributed by atoms with Gasteiger partial charge in [0, 0.05) is 19.6 Å². The Hall–Kier alpha value is -1.14. The van der Waals surface area contributed by atoms with Crippen LogP contribution >= 0.6 is 0 Å². The van der Waals surface area contributed by atoms with Crippen LogP contribution in [0.15, 0.2) is 0 Å². The molecular formula is C15H29N3O3. The van der Waals surface area contributed by atoms with Gasteiger partial charge < -0.3 is 20.7 Å². The van der Waals surface area contributed by atoms with E-state index in [-0.39, 0.29) is 29.8 Å². The van der Waals surface area contributed by atoms with Crippen molar-refractivity contribution in [2.24, 2.45) is 17.1 Å². The summed E-state index contributed by atoms with van der Waals surface area (Å²) in [6, 6.07) is -0.541. The van der Waals surface area contributed by atoms with Gasteiger partial charge in [-0.05, 0) is 18.8 Å². The van der Waals surface area contributed by atoms with Crippen molar-refractivity contribution in [2.45, 2.75) is 40.2 Å². The van der Waals surface area contributed by atoms with Crippen molar-refractivity contribution in [3.8, 4) is 0 Å². The van der Waals surface area contributed by atoms with Gasteiger partial charge in [0.15, 0.2) is 0 Å². The van der Waals surface area contributed by atoms with E-state index in [0.717, 1.165) is 0 Å². The van der Waals surface area contributed by atoms with Gasteiger partial charge in [-0.25, -0.2) is 0 Å². The molecule has 1 aliphatic rings. The van der Waals surface area contributed by atoms with Gasteiger partial charge in [-0.2, -0.15) is 0 Å². The van der Waals surface area contributed by atoms with E-state index in [0.29, 0.717) is 32.7 Å². The molecule has 1 rings (SSSR count). The molecule has 0 bridgehead atoms. The third kappa shape index (κ3) is 5.28. The van der Waals surface area contributed by atoms with E-state index in [1.54, 1.807) is 4.90 Å². The third-order valence-corrected chi connectivity index (χ3v) is 3.56. The molecule has 1 fully saturated rings. The molecule has 0 aromatic heterocycles. The van der Waals surface area contributed by atoms with Gasteiger partial charge in [0.05, 0.1) is 19.1 Å². The van der Waals surface area contributed by atoms with Crippen molar-refractivity contribution in [3.63, 3.8) is 0 Å². The van der Waals surface area contributed by atoms with E-state index < -0.39 is 6.04 Å². The molecule has 0 aromatic rings. The highest BCUT2D eigenvalue weighted by Crippen LogP contribution is 2.26. The van der Waals surface area contributed by atoms with Crippen LogP contribution in [-0.2, 0) is 14.3 Å². The van der Waals surface area contributed by atoms with Crippen LogP contribution in [-0.4, -0.2) is 55.6 Å². The lowest BCUT2D eigenvalue weighted by Gasteiger charge is -2.37. The Bertz CT molecular complexity index is 366. The predicted molar refractivity (Wildman–Crippen MR) is 81.6 cm³/mol. The number of ether oxygens (including phenoxy) is 1. The highest BCUT2D eigenvalue weighted by molar-refractivity contribution is 5.89. The zero-order valence-electron chi connectivity index (χ0n) is 13.6. The molecule has 0 aromatic carbocycles. The molecule has 2 amide bonds. The summed E-state index contributed by atoms with van der Waals surface area (Å²) in [6.07, 6.45) is 0.710. The maximum absolute atomic E-state index is 12.7. The topological polar surface area (TPSA) is 84.7 Å². The van der Waals surface area contributed by atoms with Gasteiger partial charge in [-0.15, -0.1) is 0 Å². The summed E-state index contributed by atoms with van der Waals surface area (Å²) in [5.74, 6) is -0.441. The molecule has 0 saturated carbocycles. The summed E-state index contributed by atoms with van der Waals surface area (Å²) in [4.78, 5) is 26.5. The fourth-order valence-corrected chi connectivity index (χ4v) is 2.62. The molecule has 2 unspecified atom stereocenters. The number of morpholine rings is 1. The second-order valence-corrected chi connectivity index (χ2v) is 6.71. The number of carbonyl (C=O) groups excluding carboxylic acids is 2. The summed E-state index contributed by atoms with van der Waals surface area (Å²) in [5, 5.41) is 2.76. The number of nitrogens with two attached hydrogens (primary N) is 1. The summed E-state index contributed by atoms with van der Waals surface area (Å²) < 4.78 is 5.36. The number of nitrogens with one attached hydrogen (secondary N) is 1. The Morgan fingerprint density at radius 1 is 1.43 bits per heavy atom. The van der Waals surface area contributed by atoms with E-state index in [4.69, 9.17) is 10.5 Å². The number of hydrogen-bond acceptors (Lipinski definition) is 4. The van der Waals surface area contributed by atoms with Crippen LogP contribution in [0.3, 0.4) is 0 Å². The first-order valence-corrected chi connectivity index (χ1v) is 7.66. The minimum atomic E-state index is -0.541. The Labute approximate surface area is 127 Å². The fourth-order valence-electron chi connectivity index (χ4n) is 2.62. The first-order chi connectivity index (χ1) is 9.80. The summed E-state index contributed by atoms with van der Waals surface area (Å²) in [7, 11) is 0. The van der Waals surface area contributed by atoms with Crippen LogP contribution in [0, 0.1) is 11.3 Å². The molecule has 0 aliphatic carbocycles. The molecule has 0 radical (unpaired) electrons. The van der Waals surface area contributed by atoms with Crippen molar-refractivity contribution in [2.75, 3.05) is 32.8 Å². The maximum Gasteiger partial charge on any atom is 0.245 e. The van der Waals surface area contributed by atoms with Crippen LogP contribution in [0.1, 0.15) is 34.1 Å². The lowest BCUT2D eigenvalue weighted by atomic mass is 9.84. The largest absolute Gasteiger partial charge is 0.377 e. The second kappa shape index (κ2) is 7.75. The minimum absolute atomic E-state index is 0.0210. The van der Waals surface area contributed by atoms with Crippen LogP contribution in [0.4, 0.5) is 0 Å². The first-order valence-electron chi connectivity index (χ1n) is 7.66. The molecule has 1 heterocycles. The van der Waals surface area contributed by atoms with Crippen LogP contribution in [0.2, 0.25) is 0 Å². The first kappa shape index (κ1) is 17.9. The van der Waals surface area contributed by atoms with Crippen LogP contribution in [0.25, 0.3) is 0 Å². The molecule has 6 heteroatoms. The Balaban J connectivity index is 2.82. The highest BCUT2D eigenvalue weighted by Gasteiger charge is 2.36. The zero-order chi connectivity index (χ0) is 16.0. The molecular weight excluding hydrogens is 270 g/mol. The smallest absolute Gasteiger partial charge is 0.245 e. The maximum atomic E-state index is 12.7. The van der Waals surface area contributed by atoms with Gasteiger partial charge in [0.2, 0.25) is 11.8 Å². The number of amides is 2. The zero-order valence-corrected chi connectivity index (χ0v) is 13.6. The highest BCUT2D eigenvalue weighted by atomic mass is 16.5. The quantitative estimate of drug-likeness (QED) is 0.768. The molecule has 6 nitrogen and oxygen atoms in total. The predicted octanol–water partition coefficient (Wildman–Crippen LogP) is 0.361. The molecule has 2 atom stereocenters. The monoisotopic (exact) mass is 299 g/mol. The van der Waals surface area contributed by atoms with E-state index in [1.165, 1.54) is 0 Å². The number of nitrogens with zero attached hydrogens (tertiary/aromatic N) is 1. The van der Waals surface area contributed by atoms with E-state index >= 15 is 0 Å². The third-order valence-electron chi connectivity index (χ3n) is 3.56. The second-order valence-electron chi connectivity index (χ2n) is 6.71. The van der Waals surface area contributed by atoms with Crippen LogP contribution in [0.5, 0.6) is 0 Å². The lowest BCUT2D eigenvalue weighted by Crippen LogP contribution is -2.57. The average molecular weight is 299 g/mol. The standard InChI is InChI=1S/C15H29N3O3/c1-5-17-13(19)12-10-21-7-6-18(12)14(20)11(9-16)8-15(2,3)4/h11-12H,5-10,16H2,1-4H3,(H,17,19). The van der Waals surface area contributed by atoms with Gasteiger partial charge in [0.25, 0.3) is 0 Å². The van der Waals surface area contributed by atoms with Crippen molar-refractivity contribution >= 4 is 11.8 Å². The molecule has 3 N–H and O–H groups in total. The fraction of sp³-hybridized carbons (Fsp3) is 0.867. The van der Waals surface area contributed by atoms with Gasteiger partial charge >= 0.3 is 0 Å². The van der Waals surface area contributed by atoms with Gasteiger partial charge in [0.1, 0.15) is 6.04 Å². The van der Waals surface area contributed by atoms with Crippen molar-refractivity contribution in [1.82, 2.24) is 10.2 Å². The molecule has 1 saturated heterocycles. The van der Waals surface area contributed by atoms with E-state index in [1.807, 2.05) is 6.92 Å². The SMILES string of the molecule is CCNC(=O)C1COCCN1C(=O)C(CN)CC(C)(C)C. The van der Waals surface area contributed by atoms with E-state index in [2.05, 4.69) is 26.1 Å². The van der Waals surface area contributed by atoms with E-state index in [9.17, 15) is 9.59 Å². The number of likely N-dealkylation sites (N-methyl/N-ethyl adjacent to an activating group) is 1. The Kier molecular flexibility index (Phi) is 6.61. The number of carbonyl (C=O) groups is 2. The Morgan fingerprint density at radius 2 is 2.10 bits per heavy atom. The molecule has 0 spiro atoms. The van der Waals surface area contributed by atoms with Crippen LogP contribution < -0.4 is 11.1 Å². The lowest BCUT2D eigenvalue weighted by molar-refractivity contribution is -0.152. The average Bonchev–Trinajstić information content (AvgIpc) is 2.43. The van der Waals surface area contributed by atoms with Gasteiger partial charge in [-0.1, -0.05) is 20.8 Å². The summed E-state index contributed by atoms with van der Waals surface area (Å²) in [5.41, 5.74) is 5.81. The summed E-state index contributed by atoms with van der Waals surface area (Å²) >= 11 is 0. The number of rotatable bonds is 5. The normalized spacial score (nSPS) is 21.0.